The van der Waals surface area contributed by atoms with Crippen molar-refractivity contribution in [3.63, 3.8) is 0 Å². The smallest absolute Gasteiger partial charge is 0.355 e. The molecule has 0 aliphatic rings. The van der Waals surface area contributed by atoms with Crippen molar-refractivity contribution >= 4 is 29.3 Å². The number of hydrogen-bond acceptors (Lipinski definition) is 4. The van der Waals surface area contributed by atoms with Crippen LogP contribution in [0.5, 0.6) is 0 Å². The summed E-state index contributed by atoms with van der Waals surface area (Å²) in [5.41, 5.74) is 6.91. The fraction of sp³-hybridized carbons (Fsp3) is 0.158. The van der Waals surface area contributed by atoms with E-state index in [9.17, 15) is 14.0 Å². The number of nitrogens with two attached hydrogens (primary N) is 1. The molecule has 0 spiro atoms. The van der Waals surface area contributed by atoms with Crippen LogP contribution in [0.4, 0.5) is 4.39 Å². The van der Waals surface area contributed by atoms with Gasteiger partial charge in [0.25, 0.3) is 0 Å². The maximum Gasteiger partial charge on any atom is 0.355 e. The van der Waals surface area contributed by atoms with E-state index in [1.807, 2.05) is 6.07 Å². The van der Waals surface area contributed by atoms with Gasteiger partial charge in [0.1, 0.15) is 11.5 Å². The van der Waals surface area contributed by atoms with Crippen molar-refractivity contribution in [3.8, 4) is 5.69 Å². The van der Waals surface area contributed by atoms with Gasteiger partial charge in [-0.3, -0.25) is 4.79 Å². The number of carbonyl (C=O) groups is 1. The van der Waals surface area contributed by atoms with Gasteiger partial charge >= 0.3 is 5.97 Å². The van der Waals surface area contributed by atoms with Crippen LogP contribution in [0.25, 0.3) is 16.6 Å². The Bertz CT molecular complexity index is 1030. The number of aryl methyl sites for hydroxylation is 1. The average Bonchev–Trinajstić information content (AvgIpc) is 2.60. The van der Waals surface area contributed by atoms with Gasteiger partial charge in [-0.05, 0) is 36.8 Å². The number of carbonyl (C=O) groups excluding carboxylic acids is 1. The summed E-state index contributed by atoms with van der Waals surface area (Å²) in [7, 11) is 1.23. The van der Waals surface area contributed by atoms with Crippen LogP contribution in [0.3, 0.4) is 0 Å². The number of ether oxygens (including phenoxy) is 1. The van der Waals surface area contributed by atoms with Crippen LogP contribution in [0.1, 0.15) is 21.6 Å². The summed E-state index contributed by atoms with van der Waals surface area (Å²) in [6.07, 6.45) is 0. The Hall–Kier alpha value is -2.70. The number of esters is 1. The van der Waals surface area contributed by atoms with Crippen molar-refractivity contribution in [1.82, 2.24) is 4.57 Å². The van der Waals surface area contributed by atoms with Crippen LogP contribution in [0.15, 0.2) is 47.3 Å². The third kappa shape index (κ3) is 3.09. The van der Waals surface area contributed by atoms with Gasteiger partial charge in [0.2, 0.25) is 0 Å². The Balaban J connectivity index is 0.00000243. The van der Waals surface area contributed by atoms with E-state index in [4.69, 9.17) is 10.5 Å². The summed E-state index contributed by atoms with van der Waals surface area (Å²) in [6, 6.07) is 11.4. The van der Waals surface area contributed by atoms with E-state index in [0.717, 1.165) is 0 Å². The lowest BCUT2D eigenvalue weighted by Gasteiger charge is -2.19. The summed E-state index contributed by atoms with van der Waals surface area (Å²) < 4.78 is 20.5. The Kier molecular flexibility index (Phi) is 5.79. The molecule has 0 atom stereocenters. The summed E-state index contributed by atoms with van der Waals surface area (Å²) in [5, 5.41) is 0.332. The molecule has 0 aliphatic carbocycles. The van der Waals surface area contributed by atoms with Crippen LogP contribution in [0.2, 0.25) is 0 Å². The quantitative estimate of drug-likeness (QED) is 0.713. The lowest BCUT2D eigenvalue weighted by Crippen LogP contribution is -2.26. The standard InChI is InChI=1S/C19H17FN2O3.ClH/c1-11-8-12(20)9-15-16(11)18(23)14(10-21)17(19(24)25-2)22(15)13-6-4-3-5-7-13;/h3-9H,10,21H2,1-2H3;1H. The van der Waals surface area contributed by atoms with Crippen LogP contribution in [-0.4, -0.2) is 17.6 Å². The summed E-state index contributed by atoms with van der Waals surface area (Å²) in [5.74, 6) is -1.20. The Morgan fingerprint density at radius 1 is 1.23 bits per heavy atom. The Morgan fingerprint density at radius 3 is 2.46 bits per heavy atom. The molecular weight excluding hydrogens is 359 g/mol. The van der Waals surface area contributed by atoms with E-state index in [2.05, 4.69) is 0 Å². The van der Waals surface area contributed by atoms with Gasteiger partial charge < -0.3 is 15.0 Å². The number of aromatic nitrogens is 1. The maximum absolute atomic E-state index is 14.1. The molecule has 0 unspecified atom stereocenters. The number of methoxy groups -OCH3 is 1. The number of rotatable bonds is 3. The van der Waals surface area contributed by atoms with Crippen molar-refractivity contribution < 1.29 is 13.9 Å². The predicted molar refractivity (Wildman–Crippen MR) is 101 cm³/mol. The van der Waals surface area contributed by atoms with Crippen molar-refractivity contribution in [2.24, 2.45) is 5.73 Å². The minimum Gasteiger partial charge on any atom is -0.464 e. The molecule has 5 nitrogen and oxygen atoms in total. The summed E-state index contributed by atoms with van der Waals surface area (Å²) in [4.78, 5) is 25.3. The third-order valence-corrected chi connectivity index (χ3v) is 4.13. The van der Waals surface area contributed by atoms with Gasteiger partial charge in [-0.25, -0.2) is 9.18 Å². The average molecular weight is 377 g/mol. The molecule has 2 aromatic carbocycles. The zero-order chi connectivity index (χ0) is 18.1. The number of hydrogen-bond donors (Lipinski definition) is 1. The molecule has 0 fully saturated rings. The SMILES string of the molecule is COC(=O)c1c(CN)c(=O)c2c(C)cc(F)cc2n1-c1ccccc1.Cl. The molecule has 1 aromatic heterocycles. The molecule has 0 radical (unpaired) electrons. The second kappa shape index (κ2) is 7.68. The molecule has 0 saturated heterocycles. The van der Waals surface area contributed by atoms with E-state index in [1.165, 1.54) is 23.8 Å². The lowest BCUT2D eigenvalue weighted by atomic mass is 10.0. The van der Waals surface area contributed by atoms with Crippen LogP contribution < -0.4 is 11.2 Å². The highest BCUT2D eigenvalue weighted by Gasteiger charge is 2.24. The molecule has 1 heterocycles. The number of fused-ring (bicyclic) bond motifs is 1. The first-order chi connectivity index (χ1) is 12.0. The minimum atomic E-state index is -0.704. The Morgan fingerprint density at radius 2 is 1.88 bits per heavy atom. The first kappa shape index (κ1) is 19.6. The van der Waals surface area contributed by atoms with Gasteiger partial charge in [0, 0.05) is 23.2 Å². The van der Waals surface area contributed by atoms with Crippen LogP contribution in [0, 0.1) is 12.7 Å². The largest absolute Gasteiger partial charge is 0.464 e. The zero-order valence-electron chi connectivity index (χ0n) is 14.3. The monoisotopic (exact) mass is 376 g/mol. The number of nitrogens with zero attached hydrogens (tertiary/aromatic N) is 1. The first-order valence-corrected chi connectivity index (χ1v) is 7.71. The van der Waals surface area contributed by atoms with E-state index in [0.29, 0.717) is 22.2 Å². The molecule has 26 heavy (non-hydrogen) atoms. The number of pyridine rings is 1. The first-order valence-electron chi connectivity index (χ1n) is 7.71. The highest BCUT2D eigenvalue weighted by molar-refractivity contribution is 5.96. The van der Waals surface area contributed by atoms with E-state index >= 15 is 0 Å². The second-order valence-corrected chi connectivity index (χ2v) is 5.64. The van der Waals surface area contributed by atoms with Crippen molar-refractivity contribution in [2.45, 2.75) is 13.5 Å². The molecule has 3 rings (SSSR count). The molecule has 0 saturated carbocycles. The maximum atomic E-state index is 14.1. The number of benzene rings is 2. The van der Waals surface area contributed by atoms with Gasteiger partial charge in [0.05, 0.1) is 12.6 Å². The normalized spacial score (nSPS) is 10.5. The molecule has 2 N–H and O–H groups in total. The van der Waals surface area contributed by atoms with Crippen molar-refractivity contribution in [3.05, 3.63) is 75.3 Å². The minimum absolute atomic E-state index is 0. The Labute approximate surface area is 155 Å². The van der Waals surface area contributed by atoms with E-state index in [-0.39, 0.29) is 35.6 Å². The van der Waals surface area contributed by atoms with Gasteiger partial charge in [0.15, 0.2) is 5.43 Å². The predicted octanol–water partition coefficient (Wildman–Crippen LogP) is 3.11. The van der Waals surface area contributed by atoms with Crippen molar-refractivity contribution in [2.75, 3.05) is 7.11 Å². The molecular formula is C19H18ClFN2O3. The highest BCUT2D eigenvalue weighted by atomic mass is 35.5. The van der Waals surface area contributed by atoms with Crippen LogP contribution in [-0.2, 0) is 11.3 Å². The molecule has 0 aliphatic heterocycles. The fourth-order valence-electron chi connectivity index (χ4n) is 3.06. The molecule has 0 bridgehead atoms. The van der Waals surface area contributed by atoms with E-state index in [1.54, 1.807) is 31.2 Å². The topological polar surface area (TPSA) is 74.3 Å². The second-order valence-electron chi connectivity index (χ2n) is 5.64. The molecule has 7 heteroatoms. The van der Waals surface area contributed by atoms with Gasteiger partial charge in [-0.2, -0.15) is 0 Å². The molecule has 3 aromatic rings. The summed E-state index contributed by atoms with van der Waals surface area (Å²) in [6.45, 7) is 1.52. The summed E-state index contributed by atoms with van der Waals surface area (Å²) >= 11 is 0. The van der Waals surface area contributed by atoms with E-state index < -0.39 is 11.8 Å². The zero-order valence-corrected chi connectivity index (χ0v) is 15.1. The van der Waals surface area contributed by atoms with Gasteiger partial charge in [-0.15, -0.1) is 12.4 Å². The number of para-hydroxylation sites is 1. The lowest BCUT2D eigenvalue weighted by molar-refractivity contribution is 0.0589. The highest BCUT2D eigenvalue weighted by Crippen LogP contribution is 2.25. The molecule has 136 valence electrons. The number of halogens is 2. The van der Waals surface area contributed by atoms with Gasteiger partial charge in [-0.1, -0.05) is 18.2 Å². The fourth-order valence-corrected chi connectivity index (χ4v) is 3.06. The van der Waals surface area contributed by atoms with Crippen LogP contribution >= 0.6 is 12.4 Å². The third-order valence-electron chi connectivity index (χ3n) is 4.13. The molecule has 0 amide bonds. The van der Waals surface area contributed by atoms with Crippen molar-refractivity contribution in [1.29, 1.82) is 0 Å².